The van der Waals surface area contributed by atoms with E-state index in [9.17, 15) is 4.79 Å². The van der Waals surface area contributed by atoms with E-state index in [1.54, 1.807) is 14.2 Å². The summed E-state index contributed by atoms with van der Waals surface area (Å²) in [5.74, 6) is 2.06. The maximum absolute atomic E-state index is 13.3. The molecule has 2 aromatic carbocycles. The number of amides is 1. The standard InChI is InChI=1S/C23H22N4O3S/c1-29-19-10-9-14(12-20(19)30-2)22-26-17(13-31-22)23(28)27-11-5-8-18(27)21-24-15-6-3-4-7-16(15)25-21/h3-4,6-7,9-10,12-13,18H,5,8,11H2,1-2H3,(H,24,25)/t18-/m0/s1. The van der Waals surface area contributed by atoms with Crippen LogP contribution < -0.4 is 9.47 Å². The molecule has 1 N–H and O–H groups in total. The van der Waals surface area contributed by atoms with Gasteiger partial charge < -0.3 is 19.4 Å². The van der Waals surface area contributed by atoms with Gasteiger partial charge in [0.2, 0.25) is 0 Å². The molecule has 0 radical (unpaired) electrons. The van der Waals surface area contributed by atoms with E-state index in [1.807, 2.05) is 52.7 Å². The number of methoxy groups -OCH3 is 2. The number of nitrogens with zero attached hydrogens (tertiary/aromatic N) is 3. The number of carbonyl (C=O) groups excluding carboxylic acids is 1. The number of hydrogen-bond acceptors (Lipinski definition) is 6. The normalized spacial score (nSPS) is 16.1. The van der Waals surface area contributed by atoms with E-state index in [4.69, 9.17) is 14.5 Å². The Kier molecular flexibility index (Phi) is 5.07. The molecule has 0 saturated carbocycles. The summed E-state index contributed by atoms with van der Waals surface area (Å²) in [5.41, 5.74) is 3.25. The van der Waals surface area contributed by atoms with Gasteiger partial charge >= 0.3 is 0 Å². The van der Waals surface area contributed by atoms with Crippen LogP contribution in [0.5, 0.6) is 11.5 Å². The lowest BCUT2D eigenvalue weighted by molar-refractivity contribution is 0.0725. The number of para-hydroxylation sites is 2. The van der Waals surface area contributed by atoms with Crippen molar-refractivity contribution < 1.29 is 14.3 Å². The molecule has 0 unspecified atom stereocenters. The molecule has 0 spiro atoms. The number of likely N-dealkylation sites (tertiary alicyclic amines) is 1. The number of thiazole rings is 1. The molecule has 1 aliphatic heterocycles. The van der Waals surface area contributed by atoms with Crippen molar-refractivity contribution in [1.82, 2.24) is 19.9 Å². The molecule has 8 heteroatoms. The molecule has 3 heterocycles. The van der Waals surface area contributed by atoms with Crippen molar-refractivity contribution in [3.8, 4) is 22.1 Å². The van der Waals surface area contributed by atoms with Gasteiger partial charge in [0.15, 0.2) is 11.5 Å². The number of aromatic amines is 1. The van der Waals surface area contributed by atoms with E-state index >= 15 is 0 Å². The summed E-state index contributed by atoms with van der Waals surface area (Å²) in [6.45, 7) is 0.698. The first-order chi connectivity index (χ1) is 15.2. The van der Waals surface area contributed by atoms with E-state index in [-0.39, 0.29) is 11.9 Å². The lowest BCUT2D eigenvalue weighted by Crippen LogP contribution is -2.31. The Labute approximate surface area is 183 Å². The number of rotatable bonds is 5. The summed E-state index contributed by atoms with van der Waals surface area (Å²) >= 11 is 1.44. The quantitative estimate of drug-likeness (QED) is 0.493. The molecule has 5 rings (SSSR count). The van der Waals surface area contributed by atoms with Gasteiger partial charge in [-0.15, -0.1) is 11.3 Å². The average molecular weight is 435 g/mol. The molecule has 7 nitrogen and oxygen atoms in total. The van der Waals surface area contributed by atoms with Gasteiger partial charge in [-0.25, -0.2) is 9.97 Å². The van der Waals surface area contributed by atoms with Crippen LogP contribution in [0.3, 0.4) is 0 Å². The molecule has 1 fully saturated rings. The Hall–Kier alpha value is -3.39. The average Bonchev–Trinajstić information content (AvgIpc) is 3.56. The minimum atomic E-state index is -0.0640. The van der Waals surface area contributed by atoms with Crippen molar-refractivity contribution in [3.05, 3.63) is 59.4 Å². The van der Waals surface area contributed by atoms with Crippen LogP contribution in [0.25, 0.3) is 21.6 Å². The van der Waals surface area contributed by atoms with E-state index in [2.05, 4.69) is 9.97 Å². The van der Waals surface area contributed by atoms with Crippen LogP contribution >= 0.6 is 11.3 Å². The highest BCUT2D eigenvalue weighted by Crippen LogP contribution is 2.36. The van der Waals surface area contributed by atoms with Gasteiger partial charge in [-0.2, -0.15) is 0 Å². The van der Waals surface area contributed by atoms with Crippen LogP contribution in [-0.2, 0) is 0 Å². The van der Waals surface area contributed by atoms with Crippen LogP contribution in [-0.4, -0.2) is 46.5 Å². The molecule has 1 amide bonds. The Balaban J connectivity index is 1.41. The van der Waals surface area contributed by atoms with E-state index in [1.165, 1.54) is 11.3 Å². The fourth-order valence-corrected chi connectivity index (χ4v) is 4.84. The molecule has 1 aliphatic rings. The first-order valence-corrected chi connectivity index (χ1v) is 11.0. The van der Waals surface area contributed by atoms with Gasteiger partial charge in [0, 0.05) is 17.5 Å². The number of H-pyrrole nitrogens is 1. The van der Waals surface area contributed by atoms with Gasteiger partial charge in [0.25, 0.3) is 5.91 Å². The fourth-order valence-electron chi connectivity index (χ4n) is 4.05. The molecule has 1 saturated heterocycles. The summed E-state index contributed by atoms with van der Waals surface area (Å²) in [7, 11) is 3.20. The third-order valence-electron chi connectivity index (χ3n) is 5.59. The van der Waals surface area contributed by atoms with Crippen LogP contribution in [0, 0.1) is 0 Å². The fraction of sp³-hybridized carbons (Fsp3) is 0.261. The SMILES string of the molecule is COc1ccc(-c2nc(C(=O)N3CCC[C@H]3c3nc4ccccc4[nH]3)cs2)cc1OC. The number of imidazole rings is 1. The van der Waals surface area contributed by atoms with Gasteiger partial charge in [-0.1, -0.05) is 12.1 Å². The summed E-state index contributed by atoms with van der Waals surface area (Å²) < 4.78 is 10.7. The van der Waals surface area contributed by atoms with Crippen molar-refractivity contribution in [2.45, 2.75) is 18.9 Å². The number of benzene rings is 2. The van der Waals surface area contributed by atoms with E-state index in [0.29, 0.717) is 23.7 Å². The lowest BCUT2D eigenvalue weighted by atomic mass is 10.2. The number of carbonyl (C=O) groups is 1. The molecule has 2 aromatic heterocycles. The lowest BCUT2D eigenvalue weighted by Gasteiger charge is -2.22. The van der Waals surface area contributed by atoms with Gasteiger partial charge in [-0.05, 0) is 43.2 Å². The molecular weight excluding hydrogens is 412 g/mol. The Bertz CT molecular complexity index is 1220. The van der Waals surface area contributed by atoms with Crippen LogP contribution in [0.2, 0.25) is 0 Å². The summed E-state index contributed by atoms with van der Waals surface area (Å²) in [6, 6.07) is 13.5. The van der Waals surface area contributed by atoms with Crippen LogP contribution in [0.4, 0.5) is 0 Å². The monoisotopic (exact) mass is 434 g/mol. The Morgan fingerprint density at radius 1 is 1.13 bits per heavy atom. The minimum absolute atomic E-state index is 0.0638. The van der Waals surface area contributed by atoms with Gasteiger partial charge in [0.05, 0.1) is 31.3 Å². The second-order valence-corrected chi connectivity index (χ2v) is 8.26. The van der Waals surface area contributed by atoms with E-state index < -0.39 is 0 Å². The largest absolute Gasteiger partial charge is 0.493 e. The first kappa shape index (κ1) is 19.6. The highest BCUT2D eigenvalue weighted by atomic mass is 32.1. The molecule has 1 atom stereocenters. The van der Waals surface area contributed by atoms with Gasteiger partial charge in [0.1, 0.15) is 16.5 Å². The van der Waals surface area contributed by atoms with Crippen molar-refractivity contribution >= 4 is 28.3 Å². The van der Waals surface area contributed by atoms with Crippen molar-refractivity contribution in [3.63, 3.8) is 0 Å². The van der Waals surface area contributed by atoms with Crippen LogP contribution in [0.15, 0.2) is 47.8 Å². The van der Waals surface area contributed by atoms with E-state index in [0.717, 1.165) is 40.3 Å². The van der Waals surface area contributed by atoms with Crippen molar-refractivity contribution in [1.29, 1.82) is 0 Å². The third-order valence-corrected chi connectivity index (χ3v) is 6.48. The second-order valence-electron chi connectivity index (χ2n) is 7.40. The molecule has 0 bridgehead atoms. The topological polar surface area (TPSA) is 80.3 Å². The van der Waals surface area contributed by atoms with Crippen molar-refractivity contribution in [2.24, 2.45) is 0 Å². The maximum atomic E-state index is 13.3. The number of hydrogen-bond donors (Lipinski definition) is 1. The summed E-state index contributed by atoms with van der Waals surface area (Å²) in [6.07, 6.45) is 1.83. The molecule has 0 aliphatic carbocycles. The molecule has 31 heavy (non-hydrogen) atoms. The number of ether oxygens (including phenoxy) is 2. The highest BCUT2D eigenvalue weighted by molar-refractivity contribution is 7.13. The number of fused-ring (bicyclic) bond motifs is 1. The smallest absolute Gasteiger partial charge is 0.273 e. The summed E-state index contributed by atoms with van der Waals surface area (Å²) in [4.78, 5) is 27.9. The third kappa shape index (κ3) is 3.53. The summed E-state index contributed by atoms with van der Waals surface area (Å²) in [5, 5.41) is 2.59. The first-order valence-electron chi connectivity index (χ1n) is 10.1. The molecule has 158 valence electrons. The predicted octanol–water partition coefficient (Wildman–Crippen LogP) is 4.68. The van der Waals surface area contributed by atoms with Gasteiger partial charge in [-0.3, -0.25) is 4.79 Å². The number of aromatic nitrogens is 3. The Morgan fingerprint density at radius 3 is 2.77 bits per heavy atom. The second kappa shape index (κ2) is 8.03. The zero-order valence-corrected chi connectivity index (χ0v) is 18.1. The van der Waals surface area contributed by atoms with Crippen LogP contribution in [0.1, 0.15) is 35.2 Å². The maximum Gasteiger partial charge on any atom is 0.273 e. The predicted molar refractivity (Wildman–Crippen MR) is 120 cm³/mol. The minimum Gasteiger partial charge on any atom is -0.493 e. The molecular formula is C23H22N4O3S. The highest BCUT2D eigenvalue weighted by Gasteiger charge is 2.33. The Morgan fingerprint density at radius 2 is 1.97 bits per heavy atom. The number of nitrogens with one attached hydrogen (secondary N) is 1. The zero-order valence-electron chi connectivity index (χ0n) is 17.3. The molecule has 4 aromatic rings. The van der Waals surface area contributed by atoms with Crippen molar-refractivity contribution in [2.75, 3.05) is 20.8 Å². The zero-order chi connectivity index (χ0) is 21.4.